The molecule has 1 unspecified atom stereocenters. The fourth-order valence-corrected chi connectivity index (χ4v) is 3.13. The summed E-state index contributed by atoms with van der Waals surface area (Å²) in [6, 6.07) is 0. The summed E-state index contributed by atoms with van der Waals surface area (Å²) in [5.74, 6) is 0.663. The van der Waals surface area contributed by atoms with Crippen molar-refractivity contribution in [3.63, 3.8) is 0 Å². The number of hydrogen-bond donors (Lipinski definition) is 1. The van der Waals surface area contributed by atoms with Crippen LogP contribution in [0.3, 0.4) is 0 Å². The summed E-state index contributed by atoms with van der Waals surface area (Å²) in [5.41, 5.74) is 2.36. The van der Waals surface area contributed by atoms with Crippen molar-refractivity contribution < 1.29 is 4.74 Å². The smallest absolute Gasteiger partial charge is 0.0767 e. The number of aromatic nitrogens is 2. The molecule has 1 N–H and O–H groups in total. The molecule has 18 heavy (non-hydrogen) atoms. The summed E-state index contributed by atoms with van der Waals surface area (Å²) in [6.45, 7) is 5.85. The summed E-state index contributed by atoms with van der Waals surface area (Å²) >= 11 is 3.64. The molecule has 0 radical (unpaired) electrons. The Labute approximate surface area is 117 Å². The second-order valence-electron chi connectivity index (χ2n) is 4.90. The monoisotopic (exact) mass is 315 g/mol. The fourth-order valence-electron chi connectivity index (χ4n) is 2.37. The van der Waals surface area contributed by atoms with Gasteiger partial charge in [-0.2, -0.15) is 5.10 Å². The molecule has 1 aromatic heterocycles. The van der Waals surface area contributed by atoms with Crippen LogP contribution in [0.1, 0.15) is 31.2 Å². The number of halogens is 1. The molecule has 0 spiro atoms. The van der Waals surface area contributed by atoms with Crippen LogP contribution in [0.5, 0.6) is 0 Å². The van der Waals surface area contributed by atoms with E-state index in [1.807, 2.05) is 11.7 Å². The van der Waals surface area contributed by atoms with Crippen LogP contribution in [0.4, 0.5) is 0 Å². The Morgan fingerprint density at radius 1 is 1.56 bits per heavy atom. The number of hydrogen-bond acceptors (Lipinski definition) is 3. The molecule has 4 nitrogen and oxygen atoms in total. The molecule has 1 saturated heterocycles. The maximum atomic E-state index is 5.49. The standard InChI is InChI=1S/C13H22BrN3O/c1-3-11-13(14)12(17(2)16-11)8-15-7-10-5-4-6-18-9-10/h10,15H,3-9H2,1-2H3. The van der Waals surface area contributed by atoms with E-state index in [1.165, 1.54) is 18.5 Å². The first kappa shape index (κ1) is 14.0. The molecule has 1 aliphatic heterocycles. The topological polar surface area (TPSA) is 39.1 Å². The Morgan fingerprint density at radius 3 is 3.00 bits per heavy atom. The van der Waals surface area contributed by atoms with E-state index in [9.17, 15) is 0 Å². The predicted octanol–water partition coefficient (Wildman–Crippen LogP) is 2.26. The lowest BCUT2D eigenvalue weighted by molar-refractivity contribution is 0.0547. The molecule has 1 aromatic rings. The SMILES string of the molecule is CCc1nn(C)c(CNCC2CCCOC2)c1Br. The van der Waals surface area contributed by atoms with Crippen molar-refractivity contribution in [2.45, 2.75) is 32.7 Å². The van der Waals surface area contributed by atoms with Crippen LogP contribution in [0, 0.1) is 5.92 Å². The second-order valence-corrected chi connectivity index (χ2v) is 5.69. The quantitative estimate of drug-likeness (QED) is 0.906. The molecule has 1 aliphatic rings. The Bertz CT molecular complexity index is 386. The van der Waals surface area contributed by atoms with Crippen molar-refractivity contribution in [1.29, 1.82) is 0 Å². The summed E-state index contributed by atoms with van der Waals surface area (Å²) in [4.78, 5) is 0. The lowest BCUT2D eigenvalue weighted by Gasteiger charge is -2.22. The lowest BCUT2D eigenvalue weighted by Crippen LogP contribution is -2.29. The first-order chi connectivity index (χ1) is 8.72. The van der Waals surface area contributed by atoms with Crippen molar-refractivity contribution in [3.05, 3.63) is 15.9 Å². The van der Waals surface area contributed by atoms with Crippen LogP contribution in [0.15, 0.2) is 4.47 Å². The van der Waals surface area contributed by atoms with Crippen LogP contribution in [0.25, 0.3) is 0 Å². The number of rotatable bonds is 5. The molecule has 1 fully saturated rings. The molecule has 0 aliphatic carbocycles. The predicted molar refractivity (Wildman–Crippen MR) is 75.5 cm³/mol. The normalized spacial score (nSPS) is 20.3. The van der Waals surface area contributed by atoms with Crippen molar-refractivity contribution >= 4 is 15.9 Å². The van der Waals surface area contributed by atoms with E-state index in [1.54, 1.807) is 0 Å². The van der Waals surface area contributed by atoms with Gasteiger partial charge in [-0.25, -0.2) is 0 Å². The minimum atomic E-state index is 0.663. The molecular formula is C13H22BrN3O. The Kier molecular flexibility index (Phi) is 5.21. The van der Waals surface area contributed by atoms with Gasteiger partial charge in [-0.3, -0.25) is 4.68 Å². The molecule has 0 saturated carbocycles. The highest BCUT2D eigenvalue weighted by Crippen LogP contribution is 2.21. The van der Waals surface area contributed by atoms with E-state index in [2.05, 4.69) is 33.3 Å². The van der Waals surface area contributed by atoms with Gasteiger partial charge in [0.25, 0.3) is 0 Å². The van der Waals surface area contributed by atoms with Gasteiger partial charge in [0, 0.05) is 26.7 Å². The Morgan fingerprint density at radius 2 is 2.39 bits per heavy atom. The van der Waals surface area contributed by atoms with Gasteiger partial charge in [-0.05, 0) is 41.1 Å². The first-order valence-electron chi connectivity index (χ1n) is 6.71. The van der Waals surface area contributed by atoms with Crippen LogP contribution in [0.2, 0.25) is 0 Å². The van der Waals surface area contributed by atoms with Crippen LogP contribution < -0.4 is 5.32 Å². The molecule has 2 rings (SSSR count). The van der Waals surface area contributed by atoms with E-state index >= 15 is 0 Å². The van der Waals surface area contributed by atoms with E-state index in [-0.39, 0.29) is 0 Å². The maximum absolute atomic E-state index is 5.49. The highest BCUT2D eigenvalue weighted by molar-refractivity contribution is 9.10. The third kappa shape index (κ3) is 3.33. The zero-order valence-electron chi connectivity index (χ0n) is 11.2. The van der Waals surface area contributed by atoms with E-state index in [4.69, 9.17) is 4.74 Å². The average Bonchev–Trinajstić information content (AvgIpc) is 2.67. The fraction of sp³-hybridized carbons (Fsp3) is 0.769. The summed E-state index contributed by atoms with van der Waals surface area (Å²) in [6.07, 6.45) is 3.44. The van der Waals surface area contributed by atoms with Gasteiger partial charge in [0.2, 0.25) is 0 Å². The van der Waals surface area contributed by atoms with Gasteiger partial charge < -0.3 is 10.1 Å². The van der Waals surface area contributed by atoms with Crippen molar-refractivity contribution in [2.24, 2.45) is 13.0 Å². The highest BCUT2D eigenvalue weighted by Gasteiger charge is 2.15. The third-order valence-corrected chi connectivity index (χ3v) is 4.40. The third-order valence-electron chi connectivity index (χ3n) is 3.48. The zero-order valence-corrected chi connectivity index (χ0v) is 12.8. The molecule has 0 bridgehead atoms. The van der Waals surface area contributed by atoms with Gasteiger partial charge in [0.1, 0.15) is 0 Å². The summed E-state index contributed by atoms with van der Waals surface area (Å²) in [5, 5.41) is 8.02. The zero-order chi connectivity index (χ0) is 13.0. The first-order valence-corrected chi connectivity index (χ1v) is 7.50. The Balaban J connectivity index is 1.84. The number of nitrogens with one attached hydrogen (secondary N) is 1. The highest BCUT2D eigenvalue weighted by atomic mass is 79.9. The minimum Gasteiger partial charge on any atom is -0.381 e. The molecule has 5 heteroatoms. The number of nitrogens with zero attached hydrogens (tertiary/aromatic N) is 2. The van der Waals surface area contributed by atoms with Gasteiger partial charge in [0.15, 0.2) is 0 Å². The molecule has 2 heterocycles. The van der Waals surface area contributed by atoms with Gasteiger partial charge in [-0.15, -0.1) is 0 Å². The Hall–Kier alpha value is -0.390. The van der Waals surface area contributed by atoms with Crippen LogP contribution in [-0.4, -0.2) is 29.5 Å². The number of aryl methyl sites for hydroxylation is 2. The van der Waals surface area contributed by atoms with Crippen molar-refractivity contribution in [1.82, 2.24) is 15.1 Å². The van der Waals surface area contributed by atoms with Crippen LogP contribution >= 0.6 is 15.9 Å². The van der Waals surface area contributed by atoms with E-state index < -0.39 is 0 Å². The molecular weight excluding hydrogens is 294 g/mol. The van der Waals surface area contributed by atoms with Gasteiger partial charge >= 0.3 is 0 Å². The minimum absolute atomic E-state index is 0.663. The average molecular weight is 316 g/mol. The molecule has 0 aromatic carbocycles. The summed E-state index contributed by atoms with van der Waals surface area (Å²) in [7, 11) is 2.00. The maximum Gasteiger partial charge on any atom is 0.0767 e. The molecule has 102 valence electrons. The van der Waals surface area contributed by atoms with Gasteiger partial charge in [0.05, 0.1) is 22.5 Å². The molecule has 1 atom stereocenters. The van der Waals surface area contributed by atoms with E-state index in [0.717, 1.165) is 42.9 Å². The second kappa shape index (κ2) is 6.68. The lowest BCUT2D eigenvalue weighted by atomic mass is 10.0. The largest absolute Gasteiger partial charge is 0.381 e. The van der Waals surface area contributed by atoms with Crippen molar-refractivity contribution in [3.8, 4) is 0 Å². The van der Waals surface area contributed by atoms with Crippen LogP contribution in [-0.2, 0) is 24.8 Å². The van der Waals surface area contributed by atoms with Gasteiger partial charge in [-0.1, -0.05) is 6.92 Å². The van der Waals surface area contributed by atoms with E-state index in [0.29, 0.717) is 5.92 Å². The van der Waals surface area contributed by atoms with Crippen molar-refractivity contribution in [2.75, 3.05) is 19.8 Å². The number of ether oxygens (including phenoxy) is 1. The summed E-state index contributed by atoms with van der Waals surface area (Å²) < 4.78 is 8.61. The molecule has 0 amide bonds.